The molecule has 0 spiro atoms. The monoisotopic (exact) mass is 344 g/mol. The SMILES string of the molecule is COc1c(Cl)cc(Cl)cc1CC(=O)N1CCC(C(N)=O)CC1. The summed E-state index contributed by atoms with van der Waals surface area (Å²) in [5.41, 5.74) is 5.95. The average molecular weight is 345 g/mol. The topological polar surface area (TPSA) is 72.6 Å². The molecule has 1 aliphatic rings. The van der Waals surface area contributed by atoms with Gasteiger partial charge in [-0.15, -0.1) is 0 Å². The van der Waals surface area contributed by atoms with Gasteiger partial charge in [0.2, 0.25) is 11.8 Å². The standard InChI is InChI=1S/C15H18Cl2N2O3/c1-22-14-10(6-11(16)8-12(14)17)7-13(20)19-4-2-9(3-5-19)15(18)21/h6,8-9H,2-5,7H2,1H3,(H2,18,21). The summed E-state index contributed by atoms with van der Waals surface area (Å²) in [5.74, 6) is -0.0133. The first-order valence-electron chi connectivity index (χ1n) is 7.01. The lowest BCUT2D eigenvalue weighted by Crippen LogP contribution is -2.42. The van der Waals surface area contributed by atoms with E-state index in [0.717, 1.165) is 0 Å². The van der Waals surface area contributed by atoms with Gasteiger partial charge in [0.05, 0.1) is 18.6 Å². The molecule has 1 aromatic rings. The van der Waals surface area contributed by atoms with E-state index in [0.29, 0.717) is 47.3 Å². The number of benzene rings is 1. The fourth-order valence-electron chi connectivity index (χ4n) is 2.66. The van der Waals surface area contributed by atoms with Gasteiger partial charge in [0.25, 0.3) is 0 Å². The minimum absolute atomic E-state index is 0.0421. The Kier molecular flexibility index (Phi) is 5.53. The first-order valence-corrected chi connectivity index (χ1v) is 7.77. The van der Waals surface area contributed by atoms with Crippen LogP contribution in [-0.4, -0.2) is 36.9 Å². The highest BCUT2D eigenvalue weighted by Gasteiger charge is 2.26. The first kappa shape index (κ1) is 16.9. The van der Waals surface area contributed by atoms with Gasteiger partial charge in [0.15, 0.2) is 0 Å². The quantitative estimate of drug-likeness (QED) is 0.910. The zero-order chi connectivity index (χ0) is 16.3. The number of hydrogen-bond donors (Lipinski definition) is 1. The fraction of sp³-hybridized carbons (Fsp3) is 0.467. The molecule has 0 radical (unpaired) electrons. The third kappa shape index (κ3) is 3.84. The van der Waals surface area contributed by atoms with Crippen LogP contribution in [0.15, 0.2) is 12.1 Å². The third-order valence-electron chi connectivity index (χ3n) is 3.88. The Labute approximate surface area is 139 Å². The Balaban J connectivity index is 2.05. The third-order valence-corrected chi connectivity index (χ3v) is 4.38. The fourth-order valence-corrected chi connectivity index (χ4v) is 3.27. The minimum atomic E-state index is -0.296. The minimum Gasteiger partial charge on any atom is -0.495 e. The summed E-state index contributed by atoms with van der Waals surface area (Å²) in [6, 6.07) is 3.26. The normalized spacial score (nSPS) is 15.7. The molecule has 1 aromatic carbocycles. The van der Waals surface area contributed by atoms with Gasteiger partial charge in [-0.3, -0.25) is 9.59 Å². The summed E-state index contributed by atoms with van der Waals surface area (Å²) in [5, 5.41) is 0.839. The molecule has 5 nitrogen and oxygen atoms in total. The highest BCUT2D eigenvalue weighted by molar-refractivity contribution is 6.35. The lowest BCUT2D eigenvalue weighted by atomic mass is 9.96. The molecule has 0 aliphatic carbocycles. The molecule has 7 heteroatoms. The van der Waals surface area contributed by atoms with E-state index in [9.17, 15) is 9.59 Å². The second kappa shape index (κ2) is 7.20. The number of carbonyl (C=O) groups excluding carboxylic acids is 2. The van der Waals surface area contributed by atoms with E-state index in [1.807, 2.05) is 0 Å². The molecule has 1 aliphatic heterocycles. The van der Waals surface area contributed by atoms with Gasteiger partial charge in [0, 0.05) is 29.6 Å². The van der Waals surface area contributed by atoms with E-state index in [2.05, 4.69) is 0 Å². The van der Waals surface area contributed by atoms with E-state index in [4.69, 9.17) is 33.7 Å². The largest absolute Gasteiger partial charge is 0.495 e. The maximum absolute atomic E-state index is 12.4. The van der Waals surface area contributed by atoms with Crippen molar-refractivity contribution in [2.75, 3.05) is 20.2 Å². The smallest absolute Gasteiger partial charge is 0.227 e. The van der Waals surface area contributed by atoms with Crippen LogP contribution in [-0.2, 0) is 16.0 Å². The van der Waals surface area contributed by atoms with Crippen molar-refractivity contribution in [1.29, 1.82) is 0 Å². The number of nitrogens with zero attached hydrogens (tertiary/aromatic N) is 1. The summed E-state index contributed by atoms with van der Waals surface area (Å²) in [6.07, 6.45) is 1.37. The van der Waals surface area contributed by atoms with Gasteiger partial charge in [-0.2, -0.15) is 0 Å². The van der Waals surface area contributed by atoms with Crippen molar-refractivity contribution in [2.45, 2.75) is 19.3 Å². The van der Waals surface area contributed by atoms with Crippen LogP contribution in [0.4, 0.5) is 0 Å². The molecule has 0 saturated carbocycles. The Bertz CT molecular complexity index is 584. The number of methoxy groups -OCH3 is 1. The summed E-state index contributed by atoms with van der Waals surface area (Å²) in [7, 11) is 1.50. The number of halogens is 2. The second-order valence-electron chi connectivity index (χ2n) is 5.31. The van der Waals surface area contributed by atoms with E-state index >= 15 is 0 Å². The Morgan fingerprint density at radius 3 is 2.50 bits per heavy atom. The van der Waals surface area contributed by atoms with Crippen LogP contribution in [0, 0.1) is 5.92 Å². The summed E-state index contributed by atoms with van der Waals surface area (Å²) in [6.45, 7) is 1.06. The van der Waals surface area contributed by atoms with Crippen molar-refractivity contribution in [1.82, 2.24) is 4.90 Å². The molecule has 2 amide bonds. The zero-order valence-electron chi connectivity index (χ0n) is 12.3. The number of amides is 2. The number of ether oxygens (including phenoxy) is 1. The number of carbonyl (C=O) groups is 2. The summed E-state index contributed by atoms with van der Waals surface area (Å²) < 4.78 is 5.25. The zero-order valence-corrected chi connectivity index (χ0v) is 13.8. The maximum Gasteiger partial charge on any atom is 0.227 e. The van der Waals surface area contributed by atoms with Crippen LogP contribution >= 0.6 is 23.2 Å². The van der Waals surface area contributed by atoms with E-state index in [1.54, 1.807) is 17.0 Å². The highest BCUT2D eigenvalue weighted by Crippen LogP contribution is 2.33. The van der Waals surface area contributed by atoms with Crippen LogP contribution in [0.1, 0.15) is 18.4 Å². The van der Waals surface area contributed by atoms with Crippen molar-refractivity contribution >= 4 is 35.0 Å². The number of rotatable bonds is 4. The van der Waals surface area contributed by atoms with Crippen LogP contribution in [0.2, 0.25) is 10.0 Å². The van der Waals surface area contributed by atoms with E-state index in [1.165, 1.54) is 7.11 Å². The van der Waals surface area contributed by atoms with Crippen molar-refractivity contribution in [3.05, 3.63) is 27.7 Å². The van der Waals surface area contributed by atoms with Crippen LogP contribution in [0.25, 0.3) is 0 Å². The first-order chi connectivity index (χ1) is 10.4. The molecule has 120 valence electrons. The molecule has 0 bridgehead atoms. The van der Waals surface area contributed by atoms with Gasteiger partial charge in [0.1, 0.15) is 5.75 Å². The maximum atomic E-state index is 12.4. The number of nitrogens with two attached hydrogens (primary N) is 1. The van der Waals surface area contributed by atoms with Gasteiger partial charge in [-0.05, 0) is 25.0 Å². The number of primary amides is 1. The molecule has 0 aromatic heterocycles. The molecule has 2 rings (SSSR count). The Morgan fingerprint density at radius 1 is 1.32 bits per heavy atom. The van der Waals surface area contributed by atoms with Gasteiger partial charge < -0.3 is 15.4 Å². The van der Waals surface area contributed by atoms with Crippen molar-refractivity contribution < 1.29 is 14.3 Å². The molecular formula is C15H18Cl2N2O3. The lowest BCUT2D eigenvalue weighted by Gasteiger charge is -2.30. The van der Waals surface area contributed by atoms with Crippen LogP contribution < -0.4 is 10.5 Å². The van der Waals surface area contributed by atoms with Crippen molar-refractivity contribution in [2.24, 2.45) is 11.7 Å². The van der Waals surface area contributed by atoms with Gasteiger partial charge >= 0.3 is 0 Å². The van der Waals surface area contributed by atoms with Gasteiger partial charge in [-0.25, -0.2) is 0 Å². The molecular weight excluding hydrogens is 327 g/mol. The molecule has 1 fully saturated rings. The second-order valence-corrected chi connectivity index (χ2v) is 6.16. The molecule has 0 unspecified atom stereocenters. The summed E-state index contributed by atoms with van der Waals surface area (Å²) >= 11 is 12.1. The van der Waals surface area contributed by atoms with E-state index < -0.39 is 0 Å². The van der Waals surface area contributed by atoms with Crippen molar-refractivity contribution in [3.8, 4) is 5.75 Å². The number of likely N-dealkylation sites (tertiary alicyclic amines) is 1. The molecule has 22 heavy (non-hydrogen) atoms. The molecule has 2 N–H and O–H groups in total. The van der Waals surface area contributed by atoms with Crippen molar-refractivity contribution in [3.63, 3.8) is 0 Å². The Morgan fingerprint density at radius 2 is 1.95 bits per heavy atom. The molecule has 1 saturated heterocycles. The molecule has 1 heterocycles. The highest BCUT2D eigenvalue weighted by atomic mass is 35.5. The van der Waals surface area contributed by atoms with Crippen LogP contribution in [0.3, 0.4) is 0 Å². The average Bonchev–Trinajstić information content (AvgIpc) is 2.47. The lowest BCUT2D eigenvalue weighted by molar-refractivity contribution is -0.134. The number of hydrogen-bond acceptors (Lipinski definition) is 3. The number of piperidine rings is 1. The Hall–Kier alpha value is -1.46. The van der Waals surface area contributed by atoms with Crippen LogP contribution in [0.5, 0.6) is 5.75 Å². The predicted molar refractivity (Wildman–Crippen MR) is 85.2 cm³/mol. The molecule has 0 atom stereocenters. The predicted octanol–water partition coefficient (Wildman–Crippen LogP) is 2.27. The summed E-state index contributed by atoms with van der Waals surface area (Å²) in [4.78, 5) is 25.3. The van der Waals surface area contributed by atoms with E-state index in [-0.39, 0.29) is 24.2 Å². The van der Waals surface area contributed by atoms with Gasteiger partial charge in [-0.1, -0.05) is 23.2 Å².